The lowest BCUT2D eigenvalue weighted by Gasteiger charge is -2.30. The van der Waals surface area contributed by atoms with Gasteiger partial charge in [0.1, 0.15) is 5.60 Å². The summed E-state index contributed by atoms with van der Waals surface area (Å²) in [6.45, 7) is 5.32. The maximum atomic E-state index is 12.6. The van der Waals surface area contributed by atoms with E-state index in [0.717, 1.165) is 17.7 Å². The molecule has 0 radical (unpaired) electrons. The normalized spacial score (nSPS) is 21.5. The zero-order valence-electron chi connectivity index (χ0n) is 14.5. The molecule has 1 aliphatic carbocycles. The SMILES string of the molecule is CC(C)(C)OC(=O)N[C@H]1CC=C(c2ccc(C(F)(F)F)cc2)C[C@@H]1N. The van der Waals surface area contributed by atoms with Gasteiger partial charge in [-0.05, 0) is 56.9 Å². The first-order chi connectivity index (χ1) is 11.5. The van der Waals surface area contributed by atoms with Gasteiger partial charge in [0.25, 0.3) is 0 Å². The highest BCUT2D eigenvalue weighted by molar-refractivity contribution is 5.70. The Bertz CT molecular complexity index is 646. The molecule has 138 valence electrons. The summed E-state index contributed by atoms with van der Waals surface area (Å²) < 4.78 is 43.1. The number of nitrogens with two attached hydrogens (primary N) is 1. The number of nitrogens with one attached hydrogen (secondary N) is 1. The fourth-order valence-electron chi connectivity index (χ4n) is 2.66. The first-order valence-electron chi connectivity index (χ1n) is 8.07. The van der Waals surface area contributed by atoms with Crippen molar-refractivity contribution in [3.63, 3.8) is 0 Å². The van der Waals surface area contributed by atoms with Gasteiger partial charge in [-0.2, -0.15) is 13.2 Å². The summed E-state index contributed by atoms with van der Waals surface area (Å²) in [6, 6.07) is 4.41. The maximum absolute atomic E-state index is 12.6. The second-order valence-electron chi connectivity index (χ2n) is 7.16. The molecule has 2 rings (SSSR count). The Balaban J connectivity index is 2.02. The molecule has 0 aliphatic heterocycles. The van der Waals surface area contributed by atoms with Crippen molar-refractivity contribution in [3.05, 3.63) is 41.5 Å². The molecule has 0 heterocycles. The lowest BCUT2D eigenvalue weighted by Crippen LogP contribution is -2.50. The topological polar surface area (TPSA) is 64.3 Å². The van der Waals surface area contributed by atoms with E-state index in [1.807, 2.05) is 6.08 Å². The number of alkyl halides is 3. The van der Waals surface area contributed by atoms with Gasteiger partial charge in [0.05, 0.1) is 11.6 Å². The number of amides is 1. The van der Waals surface area contributed by atoms with Crippen molar-refractivity contribution < 1.29 is 22.7 Å². The first-order valence-corrected chi connectivity index (χ1v) is 8.07. The van der Waals surface area contributed by atoms with E-state index in [1.165, 1.54) is 12.1 Å². The summed E-state index contributed by atoms with van der Waals surface area (Å²) >= 11 is 0. The molecule has 0 spiro atoms. The lowest BCUT2D eigenvalue weighted by molar-refractivity contribution is -0.137. The molecule has 0 fully saturated rings. The van der Waals surface area contributed by atoms with Gasteiger partial charge in [-0.15, -0.1) is 0 Å². The monoisotopic (exact) mass is 356 g/mol. The van der Waals surface area contributed by atoms with Crippen LogP contribution in [0.15, 0.2) is 30.3 Å². The predicted octanol–water partition coefficient (Wildman–Crippen LogP) is 4.10. The van der Waals surface area contributed by atoms with Gasteiger partial charge in [0.2, 0.25) is 0 Å². The number of hydrogen-bond acceptors (Lipinski definition) is 3. The van der Waals surface area contributed by atoms with Gasteiger partial charge in [-0.3, -0.25) is 0 Å². The van der Waals surface area contributed by atoms with E-state index < -0.39 is 23.4 Å². The maximum Gasteiger partial charge on any atom is 0.416 e. The number of benzene rings is 1. The van der Waals surface area contributed by atoms with E-state index >= 15 is 0 Å². The molecule has 4 nitrogen and oxygen atoms in total. The van der Waals surface area contributed by atoms with Crippen LogP contribution < -0.4 is 11.1 Å². The van der Waals surface area contributed by atoms with Crippen LogP contribution in [0, 0.1) is 0 Å². The van der Waals surface area contributed by atoms with Crippen LogP contribution >= 0.6 is 0 Å². The van der Waals surface area contributed by atoms with E-state index in [-0.39, 0.29) is 12.1 Å². The van der Waals surface area contributed by atoms with Crippen molar-refractivity contribution in [1.82, 2.24) is 5.32 Å². The van der Waals surface area contributed by atoms with E-state index in [4.69, 9.17) is 10.5 Å². The number of carbonyl (C=O) groups excluding carboxylic acids is 1. The van der Waals surface area contributed by atoms with Crippen LogP contribution in [-0.4, -0.2) is 23.8 Å². The largest absolute Gasteiger partial charge is 0.444 e. The van der Waals surface area contributed by atoms with Gasteiger partial charge in [0, 0.05) is 6.04 Å². The van der Waals surface area contributed by atoms with Crippen LogP contribution in [0.5, 0.6) is 0 Å². The number of hydrogen-bond donors (Lipinski definition) is 2. The molecule has 1 amide bonds. The molecule has 0 saturated heterocycles. The smallest absolute Gasteiger partial charge is 0.416 e. The quantitative estimate of drug-likeness (QED) is 0.838. The van der Waals surface area contributed by atoms with Crippen LogP contribution in [0.1, 0.15) is 44.7 Å². The zero-order chi connectivity index (χ0) is 18.8. The van der Waals surface area contributed by atoms with Crippen molar-refractivity contribution in [2.75, 3.05) is 0 Å². The fourth-order valence-corrected chi connectivity index (χ4v) is 2.66. The third kappa shape index (κ3) is 5.49. The molecule has 3 N–H and O–H groups in total. The number of carbonyl (C=O) groups is 1. The summed E-state index contributed by atoms with van der Waals surface area (Å²) in [5, 5.41) is 2.75. The molecule has 1 aromatic carbocycles. The summed E-state index contributed by atoms with van der Waals surface area (Å²) in [4.78, 5) is 11.8. The number of alkyl carbamates (subject to hydrolysis) is 1. The van der Waals surface area contributed by atoms with Crippen LogP contribution in [0.3, 0.4) is 0 Å². The van der Waals surface area contributed by atoms with Gasteiger partial charge in [-0.25, -0.2) is 4.79 Å². The molecular formula is C18H23F3N2O2. The Morgan fingerprint density at radius 2 is 1.80 bits per heavy atom. The van der Waals surface area contributed by atoms with Crippen LogP contribution in [-0.2, 0) is 10.9 Å². The number of halogens is 3. The second kappa shape index (κ2) is 7.07. The lowest BCUT2D eigenvalue weighted by atomic mass is 9.87. The van der Waals surface area contributed by atoms with Crippen LogP contribution in [0.4, 0.5) is 18.0 Å². The van der Waals surface area contributed by atoms with E-state index in [0.29, 0.717) is 18.4 Å². The third-order valence-electron chi connectivity index (χ3n) is 3.88. The Labute approximate surface area is 145 Å². The number of ether oxygens (including phenoxy) is 1. The Hall–Kier alpha value is -2.02. The van der Waals surface area contributed by atoms with Crippen LogP contribution in [0.2, 0.25) is 0 Å². The van der Waals surface area contributed by atoms with E-state index in [1.54, 1.807) is 20.8 Å². The molecule has 0 unspecified atom stereocenters. The molecule has 0 saturated carbocycles. The van der Waals surface area contributed by atoms with E-state index in [2.05, 4.69) is 5.32 Å². The standard InChI is InChI=1S/C18H23F3N2O2/c1-17(2,3)25-16(24)23-15-9-6-12(10-14(15)22)11-4-7-13(8-5-11)18(19,20)21/h4-8,14-15H,9-10,22H2,1-3H3,(H,23,24)/t14-,15-/m0/s1. The number of rotatable bonds is 2. The van der Waals surface area contributed by atoms with Gasteiger partial charge < -0.3 is 15.8 Å². The molecule has 1 aliphatic rings. The van der Waals surface area contributed by atoms with Crippen molar-refractivity contribution in [2.45, 2.75) is 57.5 Å². The molecule has 25 heavy (non-hydrogen) atoms. The highest BCUT2D eigenvalue weighted by atomic mass is 19.4. The van der Waals surface area contributed by atoms with Crippen LogP contribution in [0.25, 0.3) is 5.57 Å². The molecule has 1 aromatic rings. The summed E-state index contributed by atoms with van der Waals surface area (Å²) in [6.07, 6.45) is -2.02. The highest BCUT2D eigenvalue weighted by Gasteiger charge is 2.31. The fraction of sp³-hybridized carbons (Fsp3) is 0.500. The zero-order valence-corrected chi connectivity index (χ0v) is 14.5. The third-order valence-corrected chi connectivity index (χ3v) is 3.88. The Morgan fingerprint density at radius 3 is 2.28 bits per heavy atom. The molecule has 0 bridgehead atoms. The highest BCUT2D eigenvalue weighted by Crippen LogP contribution is 2.32. The average molecular weight is 356 g/mol. The van der Waals surface area contributed by atoms with Crippen molar-refractivity contribution in [1.29, 1.82) is 0 Å². The summed E-state index contributed by atoms with van der Waals surface area (Å²) in [7, 11) is 0. The molecule has 2 atom stereocenters. The summed E-state index contributed by atoms with van der Waals surface area (Å²) in [5.41, 5.74) is 6.44. The minimum absolute atomic E-state index is 0.270. The Morgan fingerprint density at radius 1 is 1.20 bits per heavy atom. The molecule has 0 aromatic heterocycles. The van der Waals surface area contributed by atoms with Crippen molar-refractivity contribution >= 4 is 11.7 Å². The minimum Gasteiger partial charge on any atom is -0.444 e. The van der Waals surface area contributed by atoms with Crippen molar-refractivity contribution in [2.24, 2.45) is 5.73 Å². The van der Waals surface area contributed by atoms with E-state index in [9.17, 15) is 18.0 Å². The minimum atomic E-state index is -4.35. The first kappa shape index (κ1) is 19.3. The molecule has 7 heteroatoms. The van der Waals surface area contributed by atoms with Gasteiger partial charge >= 0.3 is 12.3 Å². The van der Waals surface area contributed by atoms with Gasteiger partial charge in [-0.1, -0.05) is 18.2 Å². The second-order valence-corrected chi connectivity index (χ2v) is 7.16. The average Bonchev–Trinajstić information content (AvgIpc) is 2.46. The predicted molar refractivity (Wildman–Crippen MR) is 89.8 cm³/mol. The van der Waals surface area contributed by atoms with Crippen molar-refractivity contribution in [3.8, 4) is 0 Å². The Kier molecular flexibility index (Phi) is 5.46. The molecular weight excluding hydrogens is 333 g/mol. The van der Waals surface area contributed by atoms with Gasteiger partial charge in [0.15, 0.2) is 0 Å². The summed E-state index contributed by atoms with van der Waals surface area (Å²) in [5.74, 6) is 0.